The number of carbonyl (C=O) groups excluding carboxylic acids is 2. The molecule has 4 aromatic rings. The first-order valence-electron chi connectivity index (χ1n) is 14.4. The minimum absolute atomic E-state index is 0.236. The van der Waals surface area contributed by atoms with Crippen LogP contribution in [0.3, 0.4) is 0 Å². The van der Waals surface area contributed by atoms with Crippen LogP contribution in [0.5, 0.6) is 0 Å². The van der Waals surface area contributed by atoms with Crippen LogP contribution in [0.15, 0.2) is 60.9 Å². The van der Waals surface area contributed by atoms with Gasteiger partial charge in [0.2, 0.25) is 5.91 Å². The third-order valence-corrected chi connectivity index (χ3v) is 8.42. The number of carbonyl (C=O) groups is 2. The number of aliphatic hydroxyl groups excluding tert-OH is 1. The van der Waals surface area contributed by atoms with Crippen LogP contribution in [-0.4, -0.2) is 77.0 Å². The second-order valence-corrected chi connectivity index (χ2v) is 11.3. The molecular weight excluding hydrogens is 618 g/mol. The Bertz CT molecular complexity index is 1750. The number of aromatic nitrogens is 2. The quantitative estimate of drug-likeness (QED) is 0.196. The van der Waals surface area contributed by atoms with E-state index in [0.29, 0.717) is 33.3 Å². The molecule has 0 bridgehead atoms. The number of halogens is 6. The van der Waals surface area contributed by atoms with E-state index in [1.807, 2.05) is 12.1 Å². The number of likely N-dealkylation sites (tertiary alicyclic amines) is 1. The number of nitrogens with one attached hydrogen (secondary N) is 1. The van der Waals surface area contributed by atoms with E-state index in [9.17, 15) is 41.0 Å². The summed E-state index contributed by atoms with van der Waals surface area (Å²) in [6.45, 7) is -2.89. The average molecular weight is 649 g/mol. The van der Waals surface area contributed by atoms with E-state index in [4.69, 9.17) is 4.74 Å². The first-order chi connectivity index (χ1) is 21.8. The molecule has 1 aliphatic rings. The monoisotopic (exact) mass is 648 g/mol. The summed E-state index contributed by atoms with van der Waals surface area (Å²) < 4.78 is 86.6. The topological polar surface area (TPSA) is 105 Å². The van der Waals surface area contributed by atoms with Gasteiger partial charge in [-0.1, -0.05) is 36.4 Å². The average Bonchev–Trinajstić information content (AvgIpc) is 3.02. The minimum Gasteiger partial charge on any atom is -0.467 e. The van der Waals surface area contributed by atoms with Crippen molar-refractivity contribution in [2.24, 2.45) is 5.41 Å². The van der Waals surface area contributed by atoms with Gasteiger partial charge in [0.15, 0.2) is 0 Å². The third kappa shape index (κ3) is 6.63. The Morgan fingerprint density at radius 1 is 1.02 bits per heavy atom. The maximum absolute atomic E-state index is 14.4. The summed E-state index contributed by atoms with van der Waals surface area (Å²) in [6, 6.07) is 12.5. The summed E-state index contributed by atoms with van der Waals surface area (Å²) >= 11 is 0. The van der Waals surface area contributed by atoms with Gasteiger partial charge in [0.1, 0.15) is 11.5 Å². The molecular formula is C32H30F6N4O4. The first-order valence-corrected chi connectivity index (χ1v) is 14.4. The van der Waals surface area contributed by atoms with E-state index in [0.717, 1.165) is 22.8 Å². The van der Waals surface area contributed by atoms with Crippen LogP contribution in [0.25, 0.3) is 32.8 Å². The number of ether oxygens (including phenoxy) is 1. The summed E-state index contributed by atoms with van der Waals surface area (Å²) in [5.41, 5.74) is -0.826. The van der Waals surface area contributed by atoms with Crippen molar-refractivity contribution >= 4 is 33.4 Å². The molecule has 1 fully saturated rings. The zero-order valence-electron chi connectivity index (χ0n) is 24.6. The van der Waals surface area contributed by atoms with Crippen molar-refractivity contribution in [3.63, 3.8) is 0 Å². The van der Waals surface area contributed by atoms with Crippen molar-refractivity contribution < 1.29 is 45.8 Å². The van der Waals surface area contributed by atoms with Gasteiger partial charge in [-0.2, -0.15) is 26.3 Å². The molecule has 1 aliphatic heterocycles. The number of piperidine rings is 1. The normalized spacial score (nSPS) is 16.3. The fraction of sp³-hybridized carbons (Fsp3) is 0.375. The molecule has 0 aliphatic carbocycles. The van der Waals surface area contributed by atoms with Crippen molar-refractivity contribution in [1.82, 2.24) is 20.2 Å². The Hall–Kier alpha value is -4.30. The van der Waals surface area contributed by atoms with Crippen LogP contribution < -0.4 is 5.32 Å². The lowest BCUT2D eigenvalue weighted by molar-refractivity contribution is -0.236. The molecule has 3 heterocycles. The first kappa shape index (κ1) is 33.1. The van der Waals surface area contributed by atoms with Gasteiger partial charge in [-0.25, -0.2) is 9.78 Å². The number of alkyl halides is 6. The van der Waals surface area contributed by atoms with E-state index >= 15 is 0 Å². The molecule has 8 nitrogen and oxygen atoms in total. The van der Waals surface area contributed by atoms with Crippen LogP contribution in [0.1, 0.15) is 24.1 Å². The number of pyridine rings is 2. The van der Waals surface area contributed by atoms with Crippen molar-refractivity contribution in [2.45, 2.75) is 44.3 Å². The minimum atomic E-state index is -5.08. The largest absolute Gasteiger partial charge is 0.467 e. The molecule has 1 amide bonds. The van der Waals surface area contributed by atoms with Gasteiger partial charge < -0.3 is 15.2 Å². The van der Waals surface area contributed by atoms with Gasteiger partial charge in [-0.15, -0.1) is 0 Å². The summed E-state index contributed by atoms with van der Waals surface area (Å²) in [4.78, 5) is 35.9. The number of amides is 1. The number of hydrogen-bond acceptors (Lipinski definition) is 7. The highest BCUT2D eigenvalue weighted by molar-refractivity contribution is 6.04. The Balaban J connectivity index is 1.48. The van der Waals surface area contributed by atoms with Gasteiger partial charge in [-0.3, -0.25) is 14.7 Å². The number of aliphatic hydroxyl groups is 1. The molecule has 0 radical (unpaired) electrons. The molecule has 46 heavy (non-hydrogen) atoms. The van der Waals surface area contributed by atoms with Crippen molar-refractivity contribution in [2.75, 3.05) is 26.7 Å². The smallest absolute Gasteiger partial charge is 0.403 e. The number of rotatable bonds is 8. The Morgan fingerprint density at radius 3 is 2.37 bits per heavy atom. The number of esters is 1. The lowest BCUT2D eigenvalue weighted by Crippen LogP contribution is -2.59. The number of nitrogens with zero attached hydrogens (tertiary/aromatic N) is 3. The Morgan fingerprint density at radius 2 is 1.72 bits per heavy atom. The zero-order chi connectivity index (χ0) is 33.3. The fourth-order valence-corrected chi connectivity index (χ4v) is 6.03. The van der Waals surface area contributed by atoms with Gasteiger partial charge >= 0.3 is 18.3 Å². The maximum Gasteiger partial charge on any atom is 0.403 e. The van der Waals surface area contributed by atoms with Gasteiger partial charge in [0, 0.05) is 29.8 Å². The predicted octanol–water partition coefficient (Wildman–Crippen LogP) is 5.35. The van der Waals surface area contributed by atoms with Gasteiger partial charge in [0.25, 0.3) is 0 Å². The highest BCUT2D eigenvalue weighted by Crippen LogP contribution is 2.47. The fourth-order valence-electron chi connectivity index (χ4n) is 6.03. The van der Waals surface area contributed by atoms with Crippen LogP contribution in [0.4, 0.5) is 26.3 Å². The maximum atomic E-state index is 14.4. The van der Waals surface area contributed by atoms with Gasteiger partial charge in [0.05, 0.1) is 31.6 Å². The highest BCUT2D eigenvalue weighted by Gasteiger charge is 2.61. The lowest BCUT2D eigenvalue weighted by Gasteiger charge is -2.42. The van der Waals surface area contributed by atoms with E-state index in [1.54, 1.807) is 48.8 Å². The molecule has 2 aromatic carbocycles. The van der Waals surface area contributed by atoms with Crippen LogP contribution >= 0.6 is 0 Å². The van der Waals surface area contributed by atoms with Crippen molar-refractivity contribution in [1.29, 1.82) is 0 Å². The number of methoxy groups -OCH3 is 1. The lowest BCUT2D eigenvalue weighted by atomic mass is 9.76. The molecule has 2 aromatic heterocycles. The molecule has 244 valence electrons. The van der Waals surface area contributed by atoms with Crippen LogP contribution in [0.2, 0.25) is 0 Å². The van der Waals surface area contributed by atoms with E-state index in [2.05, 4.69) is 15.3 Å². The molecule has 1 atom stereocenters. The second-order valence-electron chi connectivity index (χ2n) is 11.3. The summed E-state index contributed by atoms with van der Waals surface area (Å²) in [5.74, 6) is -2.48. The molecule has 1 saturated heterocycles. The predicted molar refractivity (Wildman–Crippen MR) is 156 cm³/mol. The van der Waals surface area contributed by atoms with Crippen molar-refractivity contribution in [3.8, 4) is 11.3 Å². The molecule has 2 N–H and O–H groups in total. The third-order valence-electron chi connectivity index (χ3n) is 8.42. The molecule has 14 heteroatoms. The zero-order valence-corrected chi connectivity index (χ0v) is 24.6. The molecule has 0 unspecified atom stereocenters. The van der Waals surface area contributed by atoms with Gasteiger partial charge in [-0.05, 0) is 59.8 Å². The Labute approximate surface area is 259 Å². The van der Waals surface area contributed by atoms with Crippen LogP contribution in [-0.2, 0) is 27.4 Å². The summed E-state index contributed by atoms with van der Waals surface area (Å²) in [7, 11) is 1.04. The van der Waals surface area contributed by atoms with E-state index in [-0.39, 0.29) is 13.0 Å². The molecule has 0 spiro atoms. The number of fused-ring (bicyclic) bond motifs is 2. The van der Waals surface area contributed by atoms with Crippen LogP contribution in [0, 0.1) is 5.41 Å². The number of hydrogen-bond donors (Lipinski definition) is 2. The highest BCUT2D eigenvalue weighted by atomic mass is 19.4. The molecule has 0 saturated carbocycles. The summed E-state index contributed by atoms with van der Waals surface area (Å²) in [5, 5.41) is 14.9. The summed E-state index contributed by atoms with van der Waals surface area (Å²) in [6.07, 6.45) is -8.45. The SMILES string of the molecule is COC(=O)[C@H](Cc1cccc2c(-c3nc(CO)cc4ccncc34)cccc12)NC(=O)C1(C(F)(F)F)CCN(CC(F)(F)F)CC1. The van der Waals surface area contributed by atoms with E-state index in [1.165, 1.54) is 0 Å². The number of benzene rings is 2. The van der Waals surface area contributed by atoms with Crippen molar-refractivity contribution in [3.05, 3.63) is 72.2 Å². The van der Waals surface area contributed by atoms with E-state index < -0.39 is 68.2 Å². The standard InChI is InChI=1S/C32H30F6N4O4/c1-46-28(44)26(41-29(45)30(32(36,37)38)9-12-42(13-10-30)18-31(33,34)35)15-19-4-2-6-23-22(19)5-3-7-24(23)27-25-16-39-11-8-20(25)14-21(17-43)40-27/h2-8,11,14,16,26,43H,9-10,12-13,15,17-18H2,1H3,(H,41,45)/t26-/m0/s1. The Kier molecular flexibility index (Phi) is 9.23. The second kappa shape index (κ2) is 12.8. The molecule has 5 rings (SSSR count).